The number of aromatic amines is 1. The molecule has 0 amide bonds. The molecule has 2 aromatic heterocycles. The van der Waals surface area contributed by atoms with Crippen molar-refractivity contribution in [1.29, 1.82) is 0 Å². The summed E-state index contributed by atoms with van der Waals surface area (Å²) in [5, 5.41) is 0.634. The van der Waals surface area contributed by atoms with Gasteiger partial charge in [-0.05, 0) is 6.07 Å². The van der Waals surface area contributed by atoms with E-state index in [9.17, 15) is 8.78 Å². The number of halogens is 2. The Bertz CT molecular complexity index is 551. The van der Waals surface area contributed by atoms with Crippen molar-refractivity contribution in [3.63, 3.8) is 0 Å². The minimum Gasteiger partial charge on any atom is -0.378 e. The van der Waals surface area contributed by atoms with E-state index in [0.29, 0.717) is 43.2 Å². The van der Waals surface area contributed by atoms with Crippen molar-refractivity contribution in [2.75, 3.05) is 31.2 Å². The lowest BCUT2D eigenvalue weighted by atomic mass is 10.3. The molecule has 0 atom stereocenters. The maximum absolute atomic E-state index is 12.7. The van der Waals surface area contributed by atoms with Gasteiger partial charge in [0.05, 0.1) is 24.3 Å². The second-order valence-electron chi connectivity index (χ2n) is 4.08. The molecule has 0 aromatic carbocycles. The van der Waals surface area contributed by atoms with Gasteiger partial charge < -0.3 is 14.6 Å². The molecule has 1 aliphatic heterocycles. The molecule has 1 saturated heterocycles. The molecule has 0 saturated carbocycles. The van der Waals surface area contributed by atoms with Crippen LogP contribution in [0.25, 0.3) is 11.0 Å². The Labute approximate surface area is 102 Å². The van der Waals surface area contributed by atoms with Gasteiger partial charge in [-0.15, -0.1) is 0 Å². The summed E-state index contributed by atoms with van der Waals surface area (Å²) in [6, 6.07) is 1.42. The number of aromatic nitrogens is 3. The number of anilines is 1. The number of fused-ring (bicyclic) bond motifs is 1. The van der Waals surface area contributed by atoms with Crippen LogP contribution in [0, 0.1) is 0 Å². The second kappa shape index (κ2) is 4.49. The van der Waals surface area contributed by atoms with E-state index in [1.165, 1.54) is 12.4 Å². The molecule has 3 rings (SSSR count). The molecular weight excluding hydrogens is 242 g/mol. The summed E-state index contributed by atoms with van der Waals surface area (Å²) in [6.45, 7) is 2.66. The van der Waals surface area contributed by atoms with Crippen molar-refractivity contribution in [1.82, 2.24) is 15.0 Å². The molecule has 0 aliphatic carbocycles. The second-order valence-corrected chi connectivity index (χ2v) is 4.08. The fraction of sp³-hybridized carbons (Fsp3) is 0.455. The molecule has 7 heteroatoms. The summed E-state index contributed by atoms with van der Waals surface area (Å²) in [4.78, 5) is 12.8. The Morgan fingerprint density at radius 1 is 1.28 bits per heavy atom. The molecule has 0 unspecified atom stereocenters. The van der Waals surface area contributed by atoms with E-state index in [1.54, 1.807) is 0 Å². The third kappa shape index (κ3) is 1.90. The number of morpholine rings is 1. The van der Waals surface area contributed by atoms with Crippen molar-refractivity contribution in [2.45, 2.75) is 6.43 Å². The van der Waals surface area contributed by atoms with Crippen LogP contribution in [0.15, 0.2) is 12.4 Å². The molecule has 1 aliphatic rings. The summed E-state index contributed by atoms with van der Waals surface area (Å²) in [6.07, 6.45) is -1.14. The summed E-state index contributed by atoms with van der Waals surface area (Å²) in [5.74, 6) is 0.687. The highest BCUT2D eigenvalue weighted by Crippen LogP contribution is 2.28. The number of nitrogens with one attached hydrogen (secondary N) is 1. The van der Waals surface area contributed by atoms with Crippen molar-refractivity contribution in [3.05, 3.63) is 18.1 Å². The number of hydrogen-bond donors (Lipinski definition) is 1. The van der Waals surface area contributed by atoms with Crippen LogP contribution in [0.1, 0.15) is 12.1 Å². The minimum atomic E-state index is -2.53. The highest BCUT2D eigenvalue weighted by molar-refractivity contribution is 5.88. The average Bonchev–Trinajstić information content (AvgIpc) is 2.83. The van der Waals surface area contributed by atoms with E-state index >= 15 is 0 Å². The first kappa shape index (κ1) is 11.3. The Hall–Kier alpha value is -1.76. The number of H-pyrrole nitrogens is 1. The predicted molar refractivity (Wildman–Crippen MR) is 61.9 cm³/mol. The fourth-order valence-electron chi connectivity index (χ4n) is 2.09. The van der Waals surface area contributed by atoms with Crippen molar-refractivity contribution < 1.29 is 13.5 Å². The van der Waals surface area contributed by atoms with Crippen molar-refractivity contribution in [3.8, 4) is 0 Å². The lowest BCUT2D eigenvalue weighted by Crippen LogP contribution is -2.36. The van der Waals surface area contributed by atoms with E-state index < -0.39 is 6.43 Å². The first-order valence-corrected chi connectivity index (χ1v) is 5.70. The molecule has 2 aromatic rings. The minimum absolute atomic E-state index is 0.125. The van der Waals surface area contributed by atoms with E-state index in [-0.39, 0.29) is 5.69 Å². The zero-order valence-electron chi connectivity index (χ0n) is 9.57. The summed E-state index contributed by atoms with van der Waals surface area (Å²) < 4.78 is 30.6. The first-order valence-electron chi connectivity index (χ1n) is 5.70. The molecule has 0 bridgehead atoms. The predicted octanol–water partition coefficient (Wildman–Crippen LogP) is 1.73. The molecule has 0 spiro atoms. The Morgan fingerprint density at radius 3 is 2.78 bits per heavy atom. The van der Waals surface area contributed by atoms with Crippen LogP contribution in [-0.4, -0.2) is 41.3 Å². The zero-order valence-corrected chi connectivity index (χ0v) is 9.57. The van der Waals surface area contributed by atoms with Gasteiger partial charge in [0, 0.05) is 13.1 Å². The van der Waals surface area contributed by atoms with Crippen molar-refractivity contribution in [2.24, 2.45) is 0 Å². The number of hydrogen-bond acceptors (Lipinski definition) is 4. The molecule has 1 N–H and O–H groups in total. The van der Waals surface area contributed by atoms with Crippen LogP contribution in [0.5, 0.6) is 0 Å². The van der Waals surface area contributed by atoms with Crippen LogP contribution in [0.2, 0.25) is 0 Å². The maximum atomic E-state index is 12.7. The normalized spacial score (nSPS) is 16.7. The first-order chi connectivity index (χ1) is 8.75. The van der Waals surface area contributed by atoms with E-state index in [1.807, 2.05) is 4.90 Å². The van der Waals surface area contributed by atoms with E-state index in [2.05, 4.69) is 15.0 Å². The number of ether oxygens (including phenoxy) is 1. The van der Waals surface area contributed by atoms with E-state index in [4.69, 9.17) is 4.74 Å². The zero-order chi connectivity index (χ0) is 12.5. The molecule has 5 nitrogen and oxygen atoms in total. The molecule has 1 fully saturated rings. The van der Waals surface area contributed by atoms with Gasteiger partial charge in [-0.25, -0.2) is 18.7 Å². The molecule has 0 radical (unpaired) electrons. The van der Waals surface area contributed by atoms with Crippen LogP contribution < -0.4 is 4.90 Å². The fourth-order valence-corrected chi connectivity index (χ4v) is 2.09. The average molecular weight is 254 g/mol. The standard InChI is InChI=1S/C11H12F2N4O/c12-9(13)8-5-7-10(16-8)14-6-15-11(7)17-1-3-18-4-2-17/h5-6,9H,1-4H2,(H,14,15,16). The van der Waals surface area contributed by atoms with Crippen LogP contribution in [0.4, 0.5) is 14.6 Å². The SMILES string of the molecule is FC(F)c1cc2c(N3CCOCC3)ncnc2[nH]1. The summed E-state index contributed by atoms with van der Waals surface area (Å²) in [7, 11) is 0. The van der Waals surface area contributed by atoms with Crippen molar-refractivity contribution >= 4 is 16.9 Å². The van der Waals surface area contributed by atoms with Gasteiger partial charge in [0.2, 0.25) is 0 Å². The molecule has 96 valence electrons. The Morgan fingerprint density at radius 2 is 2.06 bits per heavy atom. The molecule has 3 heterocycles. The monoisotopic (exact) mass is 254 g/mol. The smallest absolute Gasteiger partial charge is 0.278 e. The lowest BCUT2D eigenvalue weighted by molar-refractivity contribution is 0.122. The van der Waals surface area contributed by atoms with Crippen LogP contribution in [-0.2, 0) is 4.74 Å². The molecule has 18 heavy (non-hydrogen) atoms. The molecular formula is C11H12F2N4O. The lowest BCUT2D eigenvalue weighted by Gasteiger charge is -2.27. The van der Waals surface area contributed by atoms with Gasteiger partial charge in [-0.1, -0.05) is 0 Å². The van der Waals surface area contributed by atoms with Gasteiger partial charge >= 0.3 is 0 Å². The van der Waals surface area contributed by atoms with E-state index in [0.717, 1.165) is 0 Å². The topological polar surface area (TPSA) is 54.0 Å². The summed E-state index contributed by atoms with van der Waals surface area (Å²) in [5.41, 5.74) is 0.321. The quantitative estimate of drug-likeness (QED) is 0.886. The van der Waals surface area contributed by atoms with Gasteiger partial charge in [0.1, 0.15) is 17.8 Å². The maximum Gasteiger partial charge on any atom is 0.278 e. The third-order valence-electron chi connectivity index (χ3n) is 2.97. The van der Waals surface area contributed by atoms with Gasteiger partial charge in [-0.3, -0.25) is 0 Å². The van der Waals surface area contributed by atoms with Crippen LogP contribution in [0.3, 0.4) is 0 Å². The largest absolute Gasteiger partial charge is 0.378 e. The van der Waals surface area contributed by atoms with Gasteiger partial charge in [0.25, 0.3) is 6.43 Å². The van der Waals surface area contributed by atoms with Gasteiger partial charge in [-0.2, -0.15) is 0 Å². The Kier molecular flexibility index (Phi) is 2.83. The summed E-state index contributed by atoms with van der Waals surface area (Å²) >= 11 is 0. The highest BCUT2D eigenvalue weighted by Gasteiger charge is 2.19. The highest BCUT2D eigenvalue weighted by atomic mass is 19.3. The van der Waals surface area contributed by atoms with Gasteiger partial charge in [0.15, 0.2) is 0 Å². The number of nitrogens with zero attached hydrogens (tertiary/aromatic N) is 3. The third-order valence-corrected chi connectivity index (χ3v) is 2.97. The Balaban J connectivity index is 2.05. The number of alkyl halides is 2. The number of rotatable bonds is 2. The van der Waals surface area contributed by atoms with Crippen LogP contribution >= 0.6 is 0 Å².